The average Bonchev–Trinajstić information content (AvgIpc) is 2.88. The summed E-state index contributed by atoms with van der Waals surface area (Å²) in [6, 6.07) is 29.4. The first-order chi connectivity index (χ1) is 15.7. The van der Waals surface area contributed by atoms with E-state index >= 15 is 0 Å². The molecule has 0 spiro atoms. The van der Waals surface area contributed by atoms with Gasteiger partial charge in [-0.1, -0.05) is 72.8 Å². The van der Waals surface area contributed by atoms with Gasteiger partial charge in [-0.25, -0.2) is 0 Å². The molecule has 1 saturated carbocycles. The second-order valence-corrected chi connectivity index (χ2v) is 8.50. The minimum absolute atomic E-state index is 0.116. The fourth-order valence-corrected chi connectivity index (χ4v) is 4.92. The lowest BCUT2D eigenvalue weighted by molar-refractivity contribution is -0.149. The molecule has 0 aromatic heterocycles. The SMILES string of the molecule is COc1cccc([C@]2(C(=O)OC)CC[C@H](NC(c3ccccc3)c3ccccc3)CC2)c1. The maximum Gasteiger partial charge on any atom is 0.316 e. The van der Waals surface area contributed by atoms with Crippen LogP contribution in [-0.4, -0.2) is 26.2 Å². The monoisotopic (exact) mass is 429 g/mol. The molecule has 0 radical (unpaired) electrons. The van der Waals surface area contributed by atoms with Crippen molar-refractivity contribution < 1.29 is 14.3 Å². The van der Waals surface area contributed by atoms with Gasteiger partial charge in [0.05, 0.1) is 25.7 Å². The van der Waals surface area contributed by atoms with Gasteiger partial charge in [0.2, 0.25) is 0 Å². The Kier molecular flexibility index (Phi) is 6.91. The van der Waals surface area contributed by atoms with Gasteiger partial charge in [0.25, 0.3) is 0 Å². The predicted molar refractivity (Wildman–Crippen MR) is 127 cm³/mol. The smallest absolute Gasteiger partial charge is 0.316 e. The molecule has 32 heavy (non-hydrogen) atoms. The Labute approximate surface area is 190 Å². The van der Waals surface area contributed by atoms with Gasteiger partial charge in [-0.2, -0.15) is 0 Å². The summed E-state index contributed by atoms with van der Waals surface area (Å²) in [5, 5.41) is 3.88. The van der Waals surface area contributed by atoms with Crippen LogP contribution < -0.4 is 10.1 Å². The minimum atomic E-state index is -0.629. The number of methoxy groups -OCH3 is 2. The summed E-state index contributed by atoms with van der Waals surface area (Å²) in [5.74, 6) is 0.603. The van der Waals surface area contributed by atoms with E-state index in [0.717, 1.165) is 37.0 Å². The molecule has 0 atom stereocenters. The summed E-state index contributed by atoms with van der Waals surface area (Å²) >= 11 is 0. The second kappa shape index (κ2) is 10.0. The number of hydrogen-bond donors (Lipinski definition) is 1. The summed E-state index contributed by atoms with van der Waals surface area (Å²) in [6.07, 6.45) is 3.26. The number of carbonyl (C=O) groups is 1. The Morgan fingerprint density at radius 2 is 1.47 bits per heavy atom. The summed E-state index contributed by atoms with van der Waals surface area (Å²) in [7, 11) is 3.13. The molecule has 0 amide bonds. The van der Waals surface area contributed by atoms with Crippen molar-refractivity contribution in [1.29, 1.82) is 0 Å². The summed E-state index contributed by atoms with van der Waals surface area (Å²) in [4.78, 5) is 13.0. The second-order valence-electron chi connectivity index (χ2n) is 8.50. The van der Waals surface area contributed by atoms with Crippen molar-refractivity contribution in [3.8, 4) is 5.75 Å². The highest BCUT2D eigenvalue weighted by molar-refractivity contribution is 5.83. The van der Waals surface area contributed by atoms with Crippen LogP contribution in [-0.2, 0) is 14.9 Å². The highest BCUT2D eigenvalue weighted by Gasteiger charge is 2.44. The zero-order valence-electron chi connectivity index (χ0n) is 18.8. The Balaban J connectivity index is 1.56. The van der Waals surface area contributed by atoms with Crippen LogP contribution >= 0.6 is 0 Å². The molecule has 0 bridgehead atoms. The molecular formula is C28H31NO3. The van der Waals surface area contributed by atoms with E-state index in [1.54, 1.807) is 7.11 Å². The maximum atomic E-state index is 13.0. The highest BCUT2D eigenvalue weighted by atomic mass is 16.5. The van der Waals surface area contributed by atoms with E-state index < -0.39 is 5.41 Å². The fourth-order valence-electron chi connectivity index (χ4n) is 4.92. The molecule has 4 nitrogen and oxygen atoms in total. The standard InChI is InChI=1S/C28H31NO3/c1-31-25-15-9-14-23(20-25)28(27(30)32-2)18-16-24(17-19-28)29-26(21-10-5-3-6-11-21)22-12-7-4-8-13-22/h3-15,20,24,26,29H,16-19H2,1-2H3/t24-,28-. The predicted octanol–water partition coefficient (Wildman–Crippen LogP) is 5.43. The van der Waals surface area contributed by atoms with Crippen molar-refractivity contribution in [3.05, 3.63) is 102 Å². The number of carbonyl (C=O) groups excluding carboxylic acids is 1. The van der Waals surface area contributed by atoms with Crippen LogP contribution in [0.4, 0.5) is 0 Å². The highest BCUT2D eigenvalue weighted by Crippen LogP contribution is 2.42. The van der Waals surface area contributed by atoms with Gasteiger partial charge in [0, 0.05) is 6.04 Å². The van der Waals surface area contributed by atoms with Gasteiger partial charge in [-0.3, -0.25) is 4.79 Å². The van der Waals surface area contributed by atoms with E-state index in [4.69, 9.17) is 9.47 Å². The molecule has 0 aliphatic heterocycles. The first-order valence-electron chi connectivity index (χ1n) is 11.2. The van der Waals surface area contributed by atoms with Crippen molar-refractivity contribution in [2.24, 2.45) is 0 Å². The third kappa shape index (κ3) is 4.56. The lowest BCUT2D eigenvalue weighted by Gasteiger charge is -2.40. The number of rotatable bonds is 7. The molecule has 0 unspecified atom stereocenters. The summed E-state index contributed by atoms with van der Waals surface area (Å²) in [5.41, 5.74) is 2.84. The Morgan fingerprint density at radius 1 is 0.875 bits per heavy atom. The van der Waals surface area contributed by atoms with Crippen molar-refractivity contribution >= 4 is 5.97 Å². The molecule has 1 aliphatic carbocycles. The van der Waals surface area contributed by atoms with Crippen molar-refractivity contribution in [1.82, 2.24) is 5.32 Å². The van der Waals surface area contributed by atoms with E-state index in [2.05, 4.69) is 53.8 Å². The summed E-state index contributed by atoms with van der Waals surface area (Å²) in [6.45, 7) is 0. The third-order valence-electron chi connectivity index (χ3n) is 6.71. The van der Waals surface area contributed by atoms with E-state index in [1.807, 2.05) is 36.4 Å². The van der Waals surface area contributed by atoms with Gasteiger partial charge in [0.15, 0.2) is 0 Å². The van der Waals surface area contributed by atoms with Crippen molar-refractivity contribution in [3.63, 3.8) is 0 Å². The molecule has 1 fully saturated rings. The Hall–Kier alpha value is -3.11. The van der Waals surface area contributed by atoms with E-state index in [0.29, 0.717) is 6.04 Å². The fraction of sp³-hybridized carbons (Fsp3) is 0.321. The molecule has 0 heterocycles. The Morgan fingerprint density at radius 3 is 2.00 bits per heavy atom. The lowest BCUT2D eigenvalue weighted by Crippen LogP contribution is -2.45. The van der Waals surface area contributed by atoms with Gasteiger partial charge in [0.1, 0.15) is 5.75 Å². The molecule has 3 aromatic carbocycles. The number of hydrogen-bond acceptors (Lipinski definition) is 4. The maximum absolute atomic E-state index is 13.0. The zero-order chi connectivity index (χ0) is 22.4. The van der Waals surface area contributed by atoms with Crippen LogP contribution in [0.1, 0.15) is 48.4 Å². The minimum Gasteiger partial charge on any atom is -0.497 e. The first kappa shape index (κ1) is 22.1. The average molecular weight is 430 g/mol. The van der Waals surface area contributed by atoms with Crippen LogP contribution in [0.5, 0.6) is 5.75 Å². The van der Waals surface area contributed by atoms with Crippen LogP contribution in [0.25, 0.3) is 0 Å². The number of nitrogens with one attached hydrogen (secondary N) is 1. The quantitative estimate of drug-likeness (QED) is 0.509. The van der Waals surface area contributed by atoms with Crippen molar-refractivity contribution in [2.45, 2.75) is 43.2 Å². The number of esters is 1. The van der Waals surface area contributed by atoms with Crippen LogP contribution in [0.3, 0.4) is 0 Å². The normalized spacial score (nSPS) is 20.7. The van der Waals surface area contributed by atoms with Gasteiger partial charge in [-0.05, 0) is 54.5 Å². The Bertz CT molecular complexity index is 972. The van der Waals surface area contributed by atoms with Gasteiger partial charge >= 0.3 is 5.97 Å². The number of ether oxygens (including phenoxy) is 2. The third-order valence-corrected chi connectivity index (χ3v) is 6.71. The van der Waals surface area contributed by atoms with Crippen LogP contribution in [0, 0.1) is 0 Å². The largest absolute Gasteiger partial charge is 0.497 e. The molecule has 166 valence electrons. The number of benzene rings is 3. The van der Waals surface area contributed by atoms with Crippen LogP contribution in [0.2, 0.25) is 0 Å². The molecular weight excluding hydrogens is 398 g/mol. The molecule has 1 N–H and O–H groups in total. The first-order valence-corrected chi connectivity index (χ1v) is 11.2. The molecule has 4 heteroatoms. The van der Waals surface area contributed by atoms with E-state index in [1.165, 1.54) is 18.2 Å². The van der Waals surface area contributed by atoms with Crippen LogP contribution in [0.15, 0.2) is 84.9 Å². The molecule has 4 rings (SSSR count). The molecule has 3 aromatic rings. The molecule has 1 aliphatic rings. The van der Waals surface area contributed by atoms with Gasteiger partial charge in [-0.15, -0.1) is 0 Å². The van der Waals surface area contributed by atoms with E-state index in [-0.39, 0.29) is 12.0 Å². The lowest BCUT2D eigenvalue weighted by atomic mass is 9.68. The summed E-state index contributed by atoms with van der Waals surface area (Å²) < 4.78 is 10.7. The van der Waals surface area contributed by atoms with Gasteiger partial charge < -0.3 is 14.8 Å². The zero-order valence-corrected chi connectivity index (χ0v) is 18.8. The molecule has 0 saturated heterocycles. The van der Waals surface area contributed by atoms with Crippen molar-refractivity contribution in [2.75, 3.05) is 14.2 Å². The topological polar surface area (TPSA) is 47.6 Å². The van der Waals surface area contributed by atoms with E-state index in [9.17, 15) is 4.79 Å².